The summed E-state index contributed by atoms with van der Waals surface area (Å²) in [4.78, 5) is 24.1. The van der Waals surface area contributed by atoms with Crippen molar-refractivity contribution >= 4 is 11.8 Å². The van der Waals surface area contributed by atoms with Crippen LogP contribution >= 0.6 is 0 Å². The van der Waals surface area contributed by atoms with Crippen LogP contribution < -0.4 is 0 Å². The second kappa shape index (κ2) is 6.07. The van der Waals surface area contributed by atoms with Crippen molar-refractivity contribution in [3.05, 3.63) is 0 Å². The minimum atomic E-state index is -0.200. The van der Waals surface area contributed by atoms with E-state index >= 15 is 0 Å². The molecule has 4 aliphatic carbocycles. The summed E-state index contributed by atoms with van der Waals surface area (Å²) in [5, 5.41) is 10.2. The molecule has 4 rings (SSSR count). The second-order valence-corrected chi connectivity index (χ2v) is 9.51. The van der Waals surface area contributed by atoms with Crippen molar-refractivity contribution in [2.75, 3.05) is 6.61 Å². The van der Waals surface area contributed by atoms with Crippen molar-refractivity contribution < 1.29 is 19.4 Å². The third-order valence-corrected chi connectivity index (χ3v) is 8.59. The normalized spacial score (nSPS) is 49.1. The molecule has 0 spiro atoms. The Labute approximate surface area is 150 Å². The van der Waals surface area contributed by atoms with Gasteiger partial charge in [-0.2, -0.15) is 0 Å². The van der Waals surface area contributed by atoms with Gasteiger partial charge in [-0.25, -0.2) is 0 Å². The van der Waals surface area contributed by atoms with Gasteiger partial charge >= 0.3 is 5.97 Å². The molecule has 0 saturated heterocycles. The van der Waals surface area contributed by atoms with Gasteiger partial charge in [-0.05, 0) is 75.0 Å². The van der Waals surface area contributed by atoms with E-state index in [1.54, 1.807) is 0 Å². The number of aliphatic hydroxyl groups is 1. The number of Topliss-reactive ketones (excluding diaryl/α,β-unsaturated/α-hetero) is 1. The lowest BCUT2D eigenvalue weighted by Gasteiger charge is -2.60. The molecule has 7 unspecified atom stereocenters. The molecule has 0 aromatic heterocycles. The van der Waals surface area contributed by atoms with Crippen LogP contribution in [0.3, 0.4) is 0 Å². The van der Waals surface area contributed by atoms with E-state index in [9.17, 15) is 14.7 Å². The van der Waals surface area contributed by atoms with Crippen LogP contribution in [-0.4, -0.2) is 29.6 Å². The first-order valence-electron chi connectivity index (χ1n) is 10.2. The zero-order valence-electron chi connectivity index (χ0n) is 15.6. The molecule has 0 heterocycles. The molecule has 4 heteroatoms. The Bertz CT molecular complexity index is 572. The average molecular weight is 348 g/mol. The van der Waals surface area contributed by atoms with Crippen LogP contribution in [0.4, 0.5) is 0 Å². The highest BCUT2D eigenvalue weighted by Crippen LogP contribution is 2.65. The Kier molecular flexibility index (Phi) is 4.25. The molecule has 4 nitrogen and oxygen atoms in total. The third-order valence-electron chi connectivity index (χ3n) is 8.59. The Hall–Kier alpha value is -0.900. The number of carbonyl (C=O) groups excluding carboxylic acids is 2. The van der Waals surface area contributed by atoms with E-state index in [1.165, 1.54) is 13.3 Å². The number of hydrogen-bond donors (Lipinski definition) is 1. The predicted molar refractivity (Wildman–Crippen MR) is 93.7 cm³/mol. The van der Waals surface area contributed by atoms with Gasteiger partial charge in [-0.15, -0.1) is 0 Å². The van der Waals surface area contributed by atoms with Gasteiger partial charge < -0.3 is 9.84 Å². The largest absolute Gasteiger partial charge is 0.465 e. The fraction of sp³-hybridized carbons (Fsp3) is 0.905. The molecule has 0 radical (unpaired) electrons. The van der Waals surface area contributed by atoms with E-state index in [1.807, 2.05) is 0 Å². The first-order valence-corrected chi connectivity index (χ1v) is 10.2. The Morgan fingerprint density at radius 2 is 1.96 bits per heavy atom. The quantitative estimate of drug-likeness (QED) is 0.776. The summed E-state index contributed by atoms with van der Waals surface area (Å²) in [7, 11) is 0. The Morgan fingerprint density at radius 3 is 2.72 bits per heavy atom. The lowest BCUT2D eigenvalue weighted by molar-refractivity contribution is -0.173. The number of carbonyl (C=O) groups is 2. The van der Waals surface area contributed by atoms with E-state index in [4.69, 9.17) is 4.74 Å². The highest BCUT2D eigenvalue weighted by Gasteiger charge is 2.61. The Balaban J connectivity index is 1.65. The molecule has 4 fully saturated rings. The molecule has 0 aromatic carbocycles. The van der Waals surface area contributed by atoms with Gasteiger partial charge in [-0.3, -0.25) is 9.59 Å². The van der Waals surface area contributed by atoms with Crippen molar-refractivity contribution in [3.8, 4) is 0 Å². The lowest BCUT2D eigenvalue weighted by atomic mass is 9.45. The van der Waals surface area contributed by atoms with Crippen LogP contribution in [0.2, 0.25) is 0 Å². The highest BCUT2D eigenvalue weighted by molar-refractivity contribution is 5.87. The van der Waals surface area contributed by atoms with Gasteiger partial charge in [0.25, 0.3) is 0 Å². The SMILES string of the molecule is CC(=O)OCC12CCC(O)CC1CCC1C3CCC(=O)C3(C)CCC12. The van der Waals surface area contributed by atoms with E-state index in [-0.39, 0.29) is 22.9 Å². The first-order chi connectivity index (χ1) is 11.9. The van der Waals surface area contributed by atoms with Crippen molar-refractivity contribution in [1.29, 1.82) is 0 Å². The van der Waals surface area contributed by atoms with E-state index in [0.29, 0.717) is 36.1 Å². The molecular weight excluding hydrogens is 316 g/mol. The van der Waals surface area contributed by atoms with Crippen molar-refractivity contribution in [2.24, 2.45) is 34.5 Å². The predicted octanol–water partition coefficient (Wildman–Crippen LogP) is 3.50. The summed E-state index contributed by atoms with van der Waals surface area (Å²) in [5.74, 6) is 2.39. The number of fused-ring (bicyclic) bond motifs is 5. The zero-order chi connectivity index (χ0) is 17.8. The van der Waals surface area contributed by atoms with Crippen LogP contribution in [0.25, 0.3) is 0 Å². The molecule has 7 atom stereocenters. The van der Waals surface area contributed by atoms with E-state index < -0.39 is 0 Å². The van der Waals surface area contributed by atoms with Crippen LogP contribution in [0, 0.1) is 34.5 Å². The monoisotopic (exact) mass is 348 g/mol. The Morgan fingerprint density at radius 1 is 1.16 bits per heavy atom. The second-order valence-electron chi connectivity index (χ2n) is 9.51. The third kappa shape index (κ3) is 2.58. The minimum Gasteiger partial charge on any atom is -0.465 e. The zero-order valence-corrected chi connectivity index (χ0v) is 15.6. The van der Waals surface area contributed by atoms with Gasteiger partial charge in [0, 0.05) is 24.2 Å². The van der Waals surface area contributed by atoms with Crippen LogP contribution in [-0.2, 0) is 14.3 Å². The molecular formula is C21H32O4. The van der Waals surface area contributed by atoms with Gasteiger partial charge in [0.2, 0.25) is 0 Å². The molecule has 1 N–H and O–H groups in total. The highest BCUT2D eigenvalue weighted by atomic mass is 16.5. The maximum absolute atomic E-state index is 12.5. The van der Waals surface area contributed by atoms with Crippen LogP contribution in [0.15, 0.2) is 0 Å². The molecule has 4 aliphatic rings. The van der Waals surface area contributed by atoms with Crippen molar-refractivity contribution in [3.63, 3.8) is 0 Å². The van der Waals surface area contributed by atoms with Crippen LogP contribution in [0.1, 0.15) is 71.6 Å². The summed E-state index contributed by atoms with van der Waals surface area (Å²) in [6.07, 6.45) is 8.60. The molecule has 0 amide bonds. The van der Waals surface area contributed by atoms with Gasteiger partial charge in [0.05, 0.1) is 12.7 Å². The van der Waals surface area contributed by atoms with Crippen molar-refractivity contribution in [1.82, 2.24) is 0 Å². The maximum Gasteiger partial charge on any atom is 0.302 e. The molecule has 4 saturated carbocycles. The molecule has 25 heavy (non-hydrogen) atoms. The van der Waals surface area contributed by atoms with Gasteiger partial charge in [-0.1, -0.05) is 6.92 Å². The summed E-state index contributed by atoms with van der Waals surface area (Å²) in [6.45, 7) is 4.22. The molecule has 0 bridgehead atoms. The number of aliphatic hydroxyl groups excluding tert-OH is 1. The fourth-order valence-corrected chi connectivity index (χ4v) is 7.32. The minimum absolute atomic E-state index is 0.0286. The van der Waals surface area contributed by atoms with E-state index in [0.717, 1.165) is 51.4 Å². The molecule has 0 aliphatic heterocycles. The first kappa shape index (κ1) is 17.5. The number of ketones is 1. The van der Waals surface area contributed by atoms with Crippen LogP contribution in [0.5, 0.6) is 0 Å². The number of hydrogen-bond acceptors (Lipinski definition) is 4. The summed E-state index contributed by atoms with van der Waals surface area (Å²) >= 11 is 0. The average Bonchev–Trinajstić information content (AvgIpc) is 2.88. The van der Waals surface area contributed by atoms with E-state index in [2.05, 4.69) is 6.92 Å². The summed E-state index contributed by atoms with van der Waals surface area (Å²) in [5.41, 5.74) is -0.0778. The molecule has 0 aromatic rings. The smallest absolute Gasteiger partial charge is 0.302 e. The number of esters is 1. The summed E-state index contributed by atoms with van der Waals surface area (Å²) < 4.78 is 5.60. The van der Waals surface area contributed by atoms with Crippen molar-refractivity contribution in [2.45, 2.75) is 77.7 Å². The summed E-state index contributed by atoms with van der Waals surface area (Å²) in [6, 6.07) is 0. The van der Waals surface area contributed by atoms with Gasteiger partial charge in [0.1, 0.15) is 5.78 Å². The van der Waals surface area contributed by atoms with Gasteiger partial charge in [0.15, 0.2) is 0 Å². The standard InChI is InChI=1S/C21H32O4/c1-13(22)25-12-21-10-7-15(23)11-14(21)3-4-16-17-5-6-19(24)20(17,2)9-8-18(16)21/h14-18,23H,3-12H2,1-2H3. The fourth-order valence-electron chi connectivity index (χ4n) is 7.32. The maximum atomic E-state index is 12.5. The lowest BCUT2D eigenvalue weighted by Crippen LogP contribution is -2.57. The molecule has 140 valence electrons. The number of rotatable bonds is 2. The number of ether oxygens (including phenoxy) is 1. The topological polar surface area (TPSA) is 63.6 Å².